The number of hydrogen-bond acceptors (Lipinski definition) is 0. The molecule has 0 aromatic rings. The molecule has 0 spiro atoms. The smallest absolute Gasteiger partial charge is 0.170 e. The van der Waals surface area contributed by atoms with Crippen LogP contribution in [0, 0.1) is 16.2 Å². The first kappa shape index (κ1) is 16.6. The highest BCUT2D eigenvalue weighted by Gasteiger charge is 2.79. The summed E-state index contributed by atoms with van der Waals surface area (Å²) < 4.78 is 78.9. The second-order valence-corrected chi connectivity index (χ2v) is 6.25. The predicted octanol–water partition coefficient (Wildman–Crippen LogP) is 5.19. The molecule has 0 rings (SSSR count). The van der Waals surface area contributed by atoms with Crippen LogP contribution in [0.1, 0.15) is 41.5 Å². The van der Waals surface area contributed by atoms with E-state index in [-0.39, 0.29) is 0 Å². The molecule has 0 amide bonds. The molecule has 0 N–H and O–H groups in total. The lowest BCUT2D eigenvalue weighted by Gasteiger charge is -2.54. The van der Waals surface area contributed by atoms with Crippen LogP contribution < -0.4 is 0 Å². The maximum Gasteiger partial charge on any atom is 0.404 e. The van der Waals surface area contributed by atoms with E-state index in [0.29, 0.717) is 0 Å². The van der Waals surface area contributed by atoms with Crippen molar-refractivity contribution in [1.29, 1.82) is 0 Å². The van der Waals surface area contributed by atoms with E-state index >= 15 is 0 Å². The van der Waals surface area contributed by atoms with E-state index < -0.39 is 28.6 Å². The van der Waals surface area contributed by atoms with Gasteiger partial charge in [-0.25, -0.2) is 0 Å². The summed E-state index contributed by atoms with van der Waals surface area (Å²) in [7, 11) is 0. The van der Waals surface area contributed by atoms with Gasteiger partial charge in [-0.3, -0.25) is 0 Å². The highest BCUT2D eigenvalue weighted by atomic mass is 19.4. The van der Waals surface area contributed by atoms with Gasteiger partial charge in [0, 0.05) is 0 Å². The Balaban J connectivity index is 6.37. The summed E-state index contributed by atoms with van der Waals surface area (Å²) >= 11 is 0. The molecule has 0 aromatic carbocycles. The van der Waals surface area contributed by atoms with E-state index in [1.54, 1.807) is 0 Å². The monoisotopic (exact) mass is 264 g/mol. The van der Waals surface area contributed by atoms with Crippen molar-refractivity contribution in [1.82, 2.24) is 0 Å². The molecular formula is C11H18F6. The lowest BCUT2D eigenvalue weighted by atomic mass is 9.53. The first-order chi connectivity index (χ1) is 7.00. The van der Waals surface area contributed by atoms with Crippen molar-refractivity contribution < 1.29 is 26.3 Å². The van der Waals surface area contributed by atoms with Crippen molar-refractivity contribution in [2.75, 3.05) is 0 Å². The van der Waals surface area contributed by atoms with Crippen LogP contribution in [0.25, 0.3) is 0 Å². The van der Waals surface area contributed by atoms with Crippen LogP contribution in [0.3, 0.4) is 0 Å². The second-order valence-electron chi connectivity index (χ2n) is 6.25. The molecule has 6 heteroatoms. The van der Waals surface area contributed by atoms with Gasteiger partial charge in [0.05, 0.1) is 0 Å². The molecular weight excluding hydrogens is 246 g/mol. The third-order valence-electron chi connectivity index (χ3n) is 3.10. The van der Waals surface area contributed by atoms with Crippen molar-refractivity contribution in [3.63, 3.8) is 0 Å². The quantitative estimate of drug-likeness (QED) is 0.528. The normalized spacial score (nSPS) is 16.2. The van der Waals surface area contributed by atoms with Crippen LogP contribution in [-0.2, 0) is 0 Å². The fraction of sp³-hybridized carbons (Fsp3) is 1.00. The average molecular weight is 264 g/mol. The summed E-state index contributed by atoms with van der Waals surface area (Å²) in [5.41, 5.74) is -7.72. The average Bonchev–Trinajstić information content (AvgIpc) is 1.67. The van der Waals surface area contributed by atoms with Gasteiger partial charge in [-0.15, -0.1) is 0 Å². The van der Waals surface area contributed by atoms with Gasteiger partial charge in [0.25, 0.3) is 0 Å². The molecule has 0 atom stereocenters. The Kier molecular flexibility index (Phi) is 3.69. The third-order valence-corrected chi connectivity index (χ3v) is 3.10. The van der Waals surface area contributed by atoms with Gasteiger partial charge in [0.15, 0.2) is 5.41 Å². The highest BCUT2D eigenvalue weighted by molar-refractivity contribution is 5.07. The molecule has 0 bridgehead atoms. The zero-order chi connectivity index (χ0) is 14.5. The van der Waals surface area contributed by atoms with E-state index in [9.17, 15) is 26.3 Å². The van der Waals surface area contributed by atoms with Gasteiger partial charge in [0.1, 0.15) is 0 Å². The van der Waals surface area contributed by atoms with Crippen molar-refractivity contribution >= 4 is 0 Å². The van der Waals surface area contributed by atoms with E-state index in [1.165, 1.54) is 0 Å². The summed E-state index contributed by atoms with van der Waals surface area (Å²) in [5, 5.41) is 0. The van der Waals surface area contributed by atoms with E-state index in [2.05, 4.69) is 0 Å². The molecule has 0 aliphatic carbocycles. The molecule has 17 heavy (non-hydrogen) atoms. The van der Waals surface area contributed by atoms with Crippen molar-refractivity contribution in [3.8, 4) is 0 Å². The summed E-state index contributed by atoms with van der Waals surface area (Å²) in [6.07, 6.45) is -10.7. The molecule has 0 saturated heterocycles. The van der Waals surface area contributed by atoms with Crippen LogP contribution >= 0.6 is 0 Å². The maximum absolute atomic E-state index is 13.1. The van der Waals surface area contributed by atoms with Crippen LogP contribution in [0.15, 0.2) is 0 Å². The Labute approximate surface area is 97.4 Å². The second kappa shape index (κ2) is 3.79. The molecule has 0 aliphatic rings. The van der Waals surface area contributed by atoms with Gasteiger partial charge in [-0.1, -0.05) is 41.5 Å². The standard InChI is InChI=1S/C11H18F6/c1-7(2,3)9(8(4,5)6,10(12,13)14)11(15,16)17/h1-6H3. The molecule has 0 radical (unpaired) electrons. The Hall–Kier alpha value is -0.420. The molecule has 104 valence electrons. The van der Waals surface area contributed by atoms with Crippen molar-refractivity contribution in [2.24, 2.45) is 16.2 Å². The Morgan fingerprint density at radius 3 is 0.647 bits per heavy atom. The highest BCUT2D eigenvalue weighted by Crippen LogP contribution is 2.67. The number of hydrogen-bond donors (Lipinski definition) is 0. The van der Waals surface area contributed by atoms with Gasteiger partial charge in [-0.2, -0.15) is 26.3 Å². The molecule has 0 fully saturated rings. The largest absolute Gasteiger partial charge is 0.404 e. The van der Waals surface area contributed by atoms with Gasteiger partial charge in [-0.05, 0) is 10.8 Å². The first-order valence-corrected chi connectivity index (χ1v) is 5.13. The zero-order valence-corrected chi connectivity index (χ0v) is 10.8. The van der Waals surface area contributed by atoms with Crippen LogP contribution in [-0.4, -0.2) is 12.4 Å². The first-order valence-electron chi connectivity index (χ1n) is 5.13. The fourth-order valence-electron chi connectivity index (χ4n) is 2.99. The Bertz CT molecular complexity index is 209. The third kappa shape index (κ3) is 2.27. The molecule has 0 nitrogen and oxygen atoms in total. The fourth-order valence-corrected chi connectivity index (χ4v) is 2.99. The molecule has 0 unspecified atom stereocenters. The van der Waals surface area contributed by atoms with Gasteiger partial charge < -0.3 is 0 Å². The summed E-state index contributed by atoms with van der Waals surface area (Å²) in [4.78, 5) is 0. The summed E-state index contributed by atoms with van der Waals surface area (Å²) in [6.45, 7) is 5.83. The minimum Gasteiger partial charge on any atom is -0.170 e. The molecule has 0 saturated carbocycles. The van der Waals surface area contributed by atoms with E-state index in [1.807, 2.05) is 0 Å². The zero-order valence-electron chi connectivity index (χ0n) is 10.8. The van der Waals surface area contributed by atoms with Crippen LogP contribution in [0.4, 0.5) is 26.3 Å². The van der Waals surface area contributed by atoms with E-state index in [0.717, 1.165) is 41.5 Å². The lowest BCUT2D eigenvalue weighted by molar-refractivity contribution is -0.403. The summed E-state index contributed by atoms with van der Waals surface area (Å²) in [6, 6.07) is 0. The molecule has 0 aromatic heterocycles. The van der Waals surface area contributed by atoms with E-state index in [4.69, 9.17) is 0 Å². The minimum absolute atomic E-state index is 0.971. The SMILES string of the molecule is CC(C)(C)C(C(C)(C)C)(C(F)(F)F)C(F)(F)F. The maximum atomic E-state index is 13.1. The number of halogens is 6. The lowest BCUT2D eigenvalue weighted by Crippen LogP contribution is -2.64. The van der Waals surface area contributed by atoms with Crippen molar-refractivity contribution in [3.05, 3.63) is 0 Å². The molecule has 0 heterocycles. The van der Waals surface area contributed by atoms with Gasteiger partial charge in [0.2, 0.25) is 0 Å². The Morgan fingerprint density at radius 1 is 0.471 bits per heavy atom. The summed E-state index contributed by atoms with van der Waals surface area (Å²) in [5.74, 6) is 0. The number of alkyl halides is 6. The van der Waals surface area contributed by atoms with Crippen LogP contribution in [0.5, 0.6) is 0 Å². The van der Waals surface area contributed by atoms with Crippen molar-refractivity contribution in [2.45, 2.75) is 53.9 Å². The predicted molar refractivity (Wildman–Crippen MR) is 53.5 cm³/mol. The Morgan fingerprint density at radius 2 is 0.647 bits per heavy atom. The topological polar surface area (TPSA) is 0 Å². The van der Waals surface area contributed by atoms with Crippen LogP contribution in [0.2, 0.25) is 0 Å². The minimum atomic E-state index is -5.36. The number of rotatable bonds is 0. The molecule has 0 aliphatic heterocycles. The van der Waals surface area contributed by atoms with Gasteiger partial charge >= 0.3 is 12.4 Å².